The van der Waals surface area contributed by atoms with Gasteiger partial charge in [0.15, 0.2) is 0 Å². The number of anilines is 1. The fourth-order valence-corrected chi connectivity index (χ4v) is 3.25. The Balaban J connectivity index is 2.04. The molecular weight excluding hydrogens is 250 g/mol. The molecule has 0 radical (unpaired) electrons. The predicted molar refractivity (Wildman–Crippen MR) is 81.8 cm³/mol. The van der Waals surface area contributed by atoms with Gasteiger partial charge in [0.2, 0.25) is 0 Å². The summed E-state index contributed by atoms with van der Waals surface area (Å²) >= 11 is 0. The van der Waals surface area contributed by atoms with Crippen LogP contribution in [0.5, 0.6) is 0 Å². The van der Waals surface area contributed by atoms with E-state index < -0.39 is 0 Å². The molecule has 4 nitrogen and oxygen atoms in total. The van der Waals surface area contributed by atoms with Gasteiger partial charge in [0, 0.05) is 18.8 Å². The van der Waals surface area contributed by atoms with Gasteiger partial charge in [-0.15, -0.1) is 0 Å². The molecule has 110 valence electrons. The average molecular weight is 275 g/mol. The number of carbonyl (C=O) groups excluding carboxylic acids is 1. The molecule has 1 aromatic heterocycles. The molecule has 0 aliphatic heterocycles. The number of amides is 1. The first-order valence-electron chi connectivity index (χ1n) is 7.58. The number of hydrogen-bond donors (Lipinski definition) is 2. The van der Waals surface area contributed by atoms with Gasteiger partial charge in [-0.3, -0.25) is 9.78 Å². The van der Waals surface area contributed by atoms with Crippen molar-refractivity contribution in [2.45, 2.75) is 46.1 Å². The molecule has 0 aromatic carbocycles. The molecule has 2 atom stereocenters. The third kappa shape index (κ3) is 3.71. The fraction of sp³-hybridized carbons (Fsp3) is 0.625. The Morgan fingerprint density at radius 3 is 2.65 bits per heavy atom. The summed E-state index contributed by atoms with van der Waals surface area (Å²) in [7, 11) is 0. The molecule has 2 unspecified atom stereocenters. The summed E-state index contributed by atoms with van der Waals surface area (Å²) in [6, 6.07) is 2.08. The third-order valence-electron chi connectivity index (χ3n) is 3.95. The summed E-state index contributed by atoms with van der Waals surface area (Å²) in [6.45, 7) is 7.33. The second-order valence-corrected chi connectivity index (χ2v) is 6.04. The van der Waals surface area contributed by atoms with E-state index in [-0.39, 0.29) is 5.91 Å². The zero-order valence-corrected chi connectivity index (χ0v) is 12.6. The fourth-order valence-electron chi connectivity index (χ4n) is 3.25. The van der Waals surface area contributed by atoms with Crippen LogP contribution in [0.25, 0.3) is 0 Å². The minimum Gasteiger partial charge on any atom is -0.383 e. The zero-order chi connectivity index (χ0) is 14.5. The van der Waals surface area contributed by atoms with E-state index in [0.717, 1.165) is 25.1 Å². The van der Waals surface area contributed by atoms with Gasteiger partial charge in [-0.2, -0.15) is 0 Å². The lowest BCUT2D eigenvalue weighted by Crippen LogP contribution is -2.40. The summed E-state index contributed by atoms with van der Waals surface area (Å²) in [5, 5.41) is 6.38. The molecule has 4 heteroatoms. The van der Waals surface area contributed by atoms with E-state index in [1.54, 1.807) is 18.5 Å². The van der Waals surface area contributed by atoms with Gasteiger partial charge in [0.1, 0.15) is 0 Å². The molecule has 1 saturated carbocycles. The number of rotatable bonds is 4. The van der Waals surface area contributed by atoms with Gasteiger partial charge >= 0.3 is 0 Å². The van der Waals surface area contributed by atoms with Gasteiger partial charge in [-0.25, -0.2) is 0 Å². The second-order valence-electron chi connectivity index (χ2n) is 6.04. The van der Waals surface area contributed by atoms with Crippen LogP contribution < -0.4 is 10.6 Å². The van der Waals surface area contributed by atoms with E-state index in [9.17, 15) is 4.79 Å². The van der Waals surface area contributed by atoms with Crippen LogP contribution in [0.4, 0.5) is 5.69 Å². The molecule has 1 heterocycles. The number of nitrogens with zero attached hydrogens (tertiary/aromatic N) is 1. The Labute approximate surface area is 121 Å². The predicted octanol–water partition coefficient (Wildman–Crippen LogP) is 3.07. The van der Waals surface area contributed by atoms with Crippen molar-refractivity contribution >= 4 is 11.6 Å². The van der Waals surface area contributed by atoms with Crippen LogP contribution in [-0.2, 0) is 0 Å². The van der Waals surface area contributed by atoms with Crippen LogP contribution >= 0.6 is 0 Å². The first-order valence-corrected chi connectivity index (χ1v) is 7.58. The van der Waals surface area contributed by atoms with Crippen molar-refractivity contribution in [3.05, 3.63) is 24.0 Å². The first-order chi connectivity index (χ1) is 9.60. The molecule has 1 amide bonds. The summed E-state index contributed by atoms with van der Waals surface area (Å²) in [4.78, 5) is 16.5. The maximum absolute atomic E-state index is 12.4. The summed E-state index contributed by atoms with van der Waals surface area (Å²) in [5.74, 6) is 1.39. The highest BCUT2D eigenvalue weighted by Gasteiger charge is 2.25. The van der Waals surface area contributed by atoms with E-state index in [1.165, 1.54) is 6.42 Å². The zero-order valence-electron chi connectivity index (χ0n) is 12.6. The van der Waals surface area contributed by atoms with E-state index in [1.807, 2.05) is 6.92 Å². The molecule has 0 spiro atoms. The molecule has 2 rings (SSSR count). The van der Waals surface area contributed by atoms with Crippen LogP contribution in [0.1, 0.15) is 50.4 Å². The van der Waals surface area contributed by atoms with E-state index in [0.29, 0.717) is 23.4 Å². The monoisotopic (exact) mass is 275 g/mol. The van der Waals surface area contributed by atoms with Gasteiger partial charge in [-0.1, -0.05) is 13.8 Å². The van der Waals surface area contributed by atoms with Crippen molar-refractivity contribution in [1.29, 1.82) is 0 Å². The van der Waals surface area contributed by atoms with E-state index in [2.05, 4.69) is 29.5 Å². The molecule has 0 bridgehead atoms. The van der Waals surface area contributed by atoms with Crippen LogP contribution in [0.2, 0.25) is 0 Å². The number of pyridine rings is 1. The third-order valence-corrected chi connectivity index (χ3v) is 3.95. The molecule has 1 aromatic rings. The lowest BCUT2D eigenvalue weighted by molar-refractivity contribution is 0.0912. The molecule has 1 fully saturated rings. The topological polar surface area (TPSA) is 54.0 Å². The van der Waals surface area contributed by atoms with Crippen molar-refractivity contribution in [3.63, 3.8) is 0 Å². The van der Waals surface area contributed by atoms with Crippen molar-refractivity contribution in [1.82, 2.24) is 10.3 Å². The summed E-state index contributed by atoms with van der Waals surface area (Å²) < 4.78 is 0. The molecule has 2 N–H and O–H groups in total. The molecule has 0 saturated heterocycles. The lowest BCUT2D eigenvalue weighted by atomic mass is 9.80. The molecule has 20 heavy (non-hydrogen) atoms. The molecular formula is C16H25N3O. The smallest absolute Gasteiger partial charge is 0.253 e. The molecule has 1 aliphatic rings. The number of aromatic nitrogens is 1. The quantitative estimate of drug-likeness (QED) is 0.888. The highest BCUT2D eigenvalue weighted by atomic mass is 16.1. The Hall–Kier alpha value is -1.58. The minimum atomic E-state index is 0.00894. The second kappa shape index (κ2) is 6.73. The highest BCUT2D eigenvalue weighted by molar-refractivity contribution is 5.99. The maximum atomic E-state index is 12.4. The summed E-state index contributed by atoms with van der Waals surface area (Å²) in [5.41, 5.74) is 1.50. The number of hydrogen-bond acceptors (Lipinski definition) is 3. The summed E-state index contributed by atoms with van der Waals surface area (Å²) in [6.07, 6.45) is 6.81. The van der Waals surface area contributed by atoms with Crippen LogP contribution in [0, 0.1) is 11.8 Å². The van der Waals surface area contributed by atoms with E-state index >= 15 is 0 Å². The Morgan fingerprint density at radius 2 is 2.00 bits per heavy atom. The largest absolute Gasteiger partial charge is 0.383 e. The van der Waals surface area contributed by atoms with Gasteiger partial charge in [0.05, 0.1) is 17.4 Å². The Kier molecular flexibility index (Phi) is 4.99. The maximum Gasteiger partial charge on any atom is 0.253 e. The van der Waals surface area contributed by atoms with Gasteiger partial charge in [0.25, 0.3) is 5.91 Å². The van der Waals surface area contributed by atoms with Crippen LogP contribution in [0.15, 0.2) is 18.5 Å². The Morgan fingerprint density at radius 1 is 1.30 bits per heavy atom. The Bertz CT molecular complexity index is 451. The van der Waals surface area contributed by atoms with Crippen molar-refractivity contribution in [3.8, 4) is 0 Å². The minimum absolute atomic E-state index is 0.00894. The van der Waals surface area contributed by atoms with Crippen molar-refractivity contribution < 1.29 is 4.79 Å². The normalized spacial score (nSPS) is 26.1. The van der Waals surface area contributed by atoms with Crippen molar-refractivity contribution in [2.75, 3.05) is 11.9 Å². The van der Waals surface area contributed by atoms with Crippen LogP contribution in [0.3, 0.4) is 0 Å². The standard InChI is InChI=1S/C16H25N3O/c1-4-18-15-10-17-6-5-14(15)16(20)19-13-8-11(2)7-12(3)9-13/h5-6,10-13,18H,4,7-9H2,1-3H3,(H,19,20). The van der Waals surface area contributed by atoms with Gasteiger partial charge < -0.3 is 10.6 Å². The highest BCUT2D eigenvalue weighted by Crippen LogP contribution is 2.28. The average Bonchev–Trinajstić information content (AvgIpc) is 2.38. The van der Waals surface area contributed by atoms with Crippen LogP contribution in [-0.4, -0.2) is 23.5 Å². The first kappa shape index (κ1) is 14.8. The lowest BCUT2D eigenvalue weighted by Gasteiger charge is -2.32. The number of carbonyl (C=O) groups is 1. The molecule has 1 aliphatic carbocycles. The van der Waals surface area contributed by atoms with Gasteiger partial charge in [-0.05, 0) is 44.1 Å². The number of nitrogens with one attached hydrogen (secondary N) is 2. The SMILES string of the molecule is CCNc1cnccc1C(=O)NC1CC(C)CC(C)C1. The van der Waals surface area contributed by atoms with E-state index in [4.69, 9.17) is 0 Å². The van der Waals surface area contributed by atoms with Crippen molar-refractivity contribution in [2.24, 2.45) is 11.8 Å².